The Morgan fingerprint density at radius 2 is 1.79 bits per heavy atom. The average Bonchev–Trinajstić information content (AvgIpc) is 2.15. The van der Waals surface area contributed by atoms with Crippen molar-refractivity contribution in [3.8, 4) is 0 Å². The Morgan fingerprint density at radius 3 is 1.79 bits per heavy atom. The smallest absolute Gasteiger partial charge is 0.332 e. The topological polar surface area (TPSA) is 121 Å². The summed E-state index contributed by atoms with van der Waals surface area (Å²) in [5.41, 5.74) is 4.94. The Bertz CT molecular complexity index is 167. The molecule has 0 aliphatic rings. The Labute approximate surface area is 87.1 Å². The van der Waals surface area contributed by atoms with Gasteiger partial charge in [-0.05, 0) is 6.42 Å². The van der Waals surface area contributed by atoms with Gasteiger partial charge in [-0.15, -0.1) is 0 Å². The molecular formula is C7H15NO5S. The van der Waals surface area contributed by atoms with Crippen molar-refractivity contribution in [1.82, 2.24) is 0 Å². The first-order valence-electron chi connectivity index (χ1n) is 3.86. The second-order valence-corrected chi connectivity index (χ2v) is 2.75. The van der Waals surface area contributed by atoms with Crippen LogP contribution in [0, 0.1) is 0 Å². The second-order valence-electron chi connectivity index (χ2n) is 2.39. The van der Waals surface area contributed by atoms with E-state index < -0.39 is 24.1 Å². The highest BCUT2D eigenvalue weighted by Gasteiger charge is 2.07. The van der Waals surface area contributed by atoms with Crippen molar-refractivity contribution in [2.24, 2.45) is 5.73 Å². The molecule has 84 valence electrons. The first kappa shape index (κ1) is 15.7. The van der Waals surface area contributed by atoms with Gasteiger partial charge in [0.2, 0.25) is 0 Å². The zero-order chi connectivity index (χ0) is 11.7. The number of carboxylic acids is 2. The summed E-state index contributed by atoms with van der Waals surface area (Å²) in [5, 5.41) is 24.3. The van der Waals surface area contributed by atoms with Crippen LogP contribution in [0.5, 0.6) is 0 Å². The van der Waals surface area contributed by atoms with Crippen molar-refractivity contribution >= 4 is 24.6 Å². The predicted molar refractivity (Wildman–Crippen MR) is 53.4 cm³/mol. The molecule has 0 spiro atoms. The van der Waals surface area contributed by atoms with E-state index in [4.69, 9.17) is 21.1 Å². The Hall–Kier alpha value is -0.790. The lowest BCUT2D eigenvalue weighted by molar-refractivity contribution is -0.146. The molecule has 0 aromatic carbocycles. The monoisotopic (exact) mass is 225 g/mol. The van der Waals surface area contributed by atoms with Gasteiger partial charge >= 0.3 is 11.9 Å². The number of aliphatic hydroxyl groups excluding tert-OH is 1. The van der Waals surface area contributed by atoms with Crippen LogP contribution < -0.4 is 5.73 Å². The molecule has 0 aliphatic heterocycles. The number of nitrogens with two attached hydrogens (primary N) is 1. The molecule has 0 aliphatic carbocycles. The Kier molecular flexibility index (Phi) is 9.84. The fourth-order valence-electron chi connectivity index (χ4n) is 0.253. The second kappa shape index (κ2) is 8.79. The Balaban J connectivity index is 0. The van der Waals surface area contributed by atoms with Crippen LogP contribution >= 0.6 is 12.6 Å². The van der Waals surface area contributed by atoms with Crippen LogP contribution in [0.25, 0.3) is 0 Å². The number of carbonyl (C=O) groups is 2. The van der Waals surface area contributed by atoms with Gasteiger partial charge in [-0.1, -0.05) is 6.92 Å². The summed E-state index contributed by atoms with van der Waals surface area (Å²) in [7, 11) is 0. The van der Waals surface area contributed by atoms with Crippen LogP contribution in [0.4, 0.5) is 0 Å². The molecule has 0 rings (SSSR count). The van der Waals surface area contributed by atoms with Crippen LogP contribution in [0.3, 0.4) is 0 Å². The van der Waals surface area contributed by atoms with Crippen molar-refractivity contribution in [2.75, 3.05) is 5.75 Å². The molecule has 0 bridgehead atoms. The minimum absolute atomic E-state index is 0.190. The van der Waals surface area contributed by atoms with Gasteiger partial charge in [0, 0.05) is 5.75 Å². The minimum atomic E-state index is -1.18. The molecule has 0 radical (unpaired) electrons. The molecule has 0 aromatic rings. The fraction of sp³-hybridized carbons (Fsp3) is 0.714. The van der Waals surface area contributed by atoms with Gasteiger partial charge in [-0.3, -0.25) is 4.79 Å². The zero-order valence-corrected chi connectivity index (χ0v) is 8.65. The number of rotatable bonds is 4. The van der Waals surface area contributed by atoms with Crippen molar-refractivity contribution in [1.29, 1.82) is 0 Å². The quantitative estimate of drug-likeness (QED) is 0.398. The third-order valence-corrected chi connectivity index (χ3v) is 1.58. The zero-order valence-electron chi connectivity index (χ0n) is 7.75. The van der Waals surface area contributed by atoms with Crippen LogP contribution in [0.1, 0.15) is 13.3 Å². The van der Waals surface area contributed by atoms with E-state index in [-0.39, 0.29) is 12.2 Å². The molecule has 2 atom stereocenters. The van der Waals surface area contributed by atoms with E-state index >= 15 is 0 Å². The van der Waals surface area contributed by atoms with Crippen LogP contribution in [0.15, 0.2) is 0 Å². The molecule has 0 heterocycles. The molecule has 7 heteroatoms. The van der Waals surface area contributed by atoms with Gasteiger partial charge in [-0.2, -0.15) is 12.6 Å². The maximum Gasteiger partial charge on any atom is 0.332 e. The predicted octanol–water partition coefficient (Wildman–Crippen LogP) is -0.830. The van der Waals surface area contributed by atoms with E-state index in [1.165, 1.54) is 0 Å². The van der Waals surface area contributed by atoms with Crippen LogP contribution in [-0.4, -0.2) is 45.2 Å². The van der Waals surface area contributed by atoms with Gasteiger partial charge in [0.05, 0.1) is 0 Å². The first-order chi connectivity index (χ1) is 6.36. The summed E-state index contributed by atoms with van der Waals surface area (Å²) in [6.07, 6.45) is -0.907. The lowest BCUT2D eigenvalue weighted by Gasteiger charge is -1.96. The van der Waals surface area contributed by atoms with E-state index in [0.717, 1.165) is 0 Å². The lowest BCUT2D eigenvalue weighted by Crippen LogP contribution is -2.31. The molecule has 0 saturated heterocycles. The van der Waals surface area contributed by atoms with E-state index in [1.807, 2.05) is 0 Å². The van der Waals surface area contributed by atoms with Crippen molar-refractivity contribution in [3.63, 3.8) is 0 Å². The number of hydrogen-bond donors (Lipinski definition) is 5. The molecule has 2 unspecified atom stereocenters. The molecular weight excluding hydrogens is 210 g/mol. The largest absolute Gasteiger partial charge is 0.480 e. The molecule has 14 heavy (non-hydrogen) atoms. The maximum atomic E-state index is 9.76. The van der Waals surface area contributed by atoms with Gasteiger partial charge in [0.25, 0.3) is 0 Å². The molecule has 5 N–H and O–H groups in total. The SMILES string of the molecule is CCC(O)C(=O)O.NC(CS)C(=O)O. The third kappa shape index (κ3) is 9.30. The number of carboxylic acid groups (broad SMARTS) is 2. The normalized spacial score (nSPS) is 13.4. The molecule has 0 fully saturated rings. The van der Waals surface area contributed by atoms with E-state index in [0.29, 0.717) is 0 Å². The standard InChI is InChI=1S/C4H8O3.C3H7NO2S/c1-2-3(5)4(6)7;4-2(1-7)3(5)6/h3,5H,2H2,1H3,(H,6,7);2,7H,1,4H2,(H,5,6). The molecule has 6 nitrogen and oxygen atoms in total. The minimum Gasteiger partial charge on any atom is -0.480 e. The van der Waals surface area contributed by atoms with Gasteiger partial charge in [0.15, 0.2) is 6.10 Å². The summed E-state index contributed by atoms with van der Waals surface area (Å²) in [5.74, 6) is -1.97. The molecule has 0 saturated carbocycles. The van der Waals surface area contributed by atoms with E-state index in [1.54, 1.807) is 6.92 Å². The number of aliphatic carboxylic acids is 2. The maximum absolute atomic E-state index is 9.76. The number of aliphatic hydroxyl groups is 1. The van der Waals surface area contributed by atoms with Crippen molar-refractivity contribution < 1.29 is 24.9 Å². The van der Waals surface area contributed by atoms with E-state index in [9.17, 15) is 9.59 Å². The van der Waals surface area contributed by atoms with E-state index in [2.05, 4.69) is 12.6 Å². The van der Waals surface area contributed by atoms with Crippen LogP contribution in [-0.2, 0) is 9.59 Å². The lowest BCUT2D eigenvalue weighted by atomic mass is 10.3. The summed E-state index contributed by atoms with van der Waals surface area (Å²) in [4.78, 5) is 19.4. The van der Waals surface area contributed by atoms with Crippen molar-refractivity contribution in [2.45, 2.75) is 25.5 Å². The number of hydrogen-bond acceptors (Lipinski definition) is 5. The summed E-state index contributed by atoms with van der Waals surface area (Å²) >= 11 is 3.65. The van der Waals surface area contributed by atoms with Gasteiger partial charge in [0.1, 0.15) is 6.04 Å². The number of thiol groups is 1. The average molecular weight is 225 g/mol. The summed E-state index contributed by atoms with van der Waals surface area (Å²) in [6, 6.07) is -0.816. The highest BCUT2D eigenvalue weighted by atomic mass is 32.1. The first-order valence-corrected chi connectivity index (χ1v) is 4.50. The highest BCUT2D eigenvalue weighted by Crippen LogP contribution is 1.86. The Morgan fingerprint density at radius 1 is 1.36 bits per heavy atom. The molecule has 0 amide bonds. The van der Waals surface area contributed by atoms with Crippen molar-refractivity contribution in [3.05, 3.63) is 0 Å². The fourth-order valence-corrected chi connectivity index (χ4v) is 0.409. The van der Waals surface area contributed by atoms with Crippen LogP contribution in [0.2, 0.25) is 0 Å². The molecule has 0 aromatic heterocycles. The van der Waals surface area contributed by atoms with Gasteiger partial charge in [-0.25, -0.2) is 4.79 Å². The third-order valence-electron chi connectivity index (χ3n) is 1.19. The summed E-state index contributed by atoms with van der Waals surface area (Å²) < 4.78 is 0. The summed E-state index contributed by atoms with van der Waals surface area (Å²) in [6.45, 7) is 1.61. The highest BCUT2D eigenvalue weighted by molar-refractivity contribution is 7.80. The van der Waals surface area contributed by atoms with Gasteiger partial charge < -0.3 is 21.1 Å².